The fraction of sp³-hybridized carbons (Fsp3) is 0.200. The average Bonchev–Trinajstić information content (AvgIpc) is 2.34. The van der Waals surface area contributed by atoms with E-state index < -0.39 is 0 Å². The van der Waals surface area contributed by atoms with Crippen LogP contribution in [0.4, 0.5) is 15.8 Å². The Morgan fingerprint density at radius 3 is 2.33 bits per heavy atom. The van der Waals surface area contributed by atoms with Crippen molar-refractivity contribution in [1.82, 2.24) is 0 Å². The van der Waals surface area contributed by atoms with Crippen LogP contribution in [-0.4, -0.2) is 6.10 Å². The number of halogens is 1. The molecule has 0 saturated carbocycles. The minimum Gasteiger partial charge on any atom is -0.489 e. The maximum absolute atomic E-state index is 12.8. The number of hydrogen-bond donors (Lipinski definition) is 1. The molecule has 18 heavy (non-hydrogen) atoms. The molecule has 2 nitrogen and oxygen atoms in total. The molecule has 0 fully saturated rings. The van der Waals surface area contributed by atoms with Crippen LogP contribution in [0.2, 0.25) is 0 Å². The monoisotopic (exact) mass is 245 g/mol. The van der Waals surface area contributed by atoms with Gasteiger partial charge in [-0.05, 0) is 50.2 Å². The Labute approximate surface area is 106 Å². The van der Waals surface area contributed by atoms with Gasteiger partial charge in [-0.3, -0.25) is 0 Å². The third-order valence-corrected chi connectivity index (χ3v) is 2.37. The maximum atomic E-state index is 12.8. The topological polar surface area (TPSA) is 21.3 Å². The predicted molar refractivity (Wildman–Crippen MR) is 71.9 cm³/mol. The van der Waals surface area contributed by atoms with E-state index in [2.05, 4.69) is 5.32 Å². The van der Waals surface area contributed by atoms with Crippen molar-refractivity contribution in [3.05, 3.63) is 54.3 Å². The lowest BCUT2D eigenvalue weighted by atomic mass is 10.2. The molecule has 0 atom stereocenters. The molecule has 94 valence electrons. The second kappa shape index (κ2) is 5.54. The summed E-state index contributed by atoms with van der Waals surface area (Å²) in [6, 6.07) is 13.9. The van der Waals surface area contributed by atoms with Crippen LogP contribution < -0.4 is 10.1 Å². The van der Waals surface area contributed by atoms with Crippen molar-refractivity contribution in [2.45, 2.75) is 20.0 Å². The van der Waals surface area contributed by atoms with E-state index in [4.69, 9.17) is 4.74 Å². The molecule has 1 N–H and O–H groups in total. The lowest BCUT2D eigenvalue weighted by Gasteiger charge is -2.15. The molecular formula is C15H16FNO. The normalized spacial score (nSPS) is 10.4. The Balaban J connectivity index is 2.20. The summed E-state index contributed by atoms with van der Waals surface area (Å²) in [5, 5.41) is 3.21. The van der Waals surface area contributed by atoms with E-state index in [-0.39, 0.29) is 11.9 Å². The third-order valence-electron chi connectivity index (χ3n) is 2.37. The number of benzene rings is 2. The zero-order chi connectivity index (χ0) is 13.0. The molecule has 0 radical (unpaired) electrons. The second-order valence-corrected chi connectivity index (χ2v) is 4.29. The minimum absolute atomic E-state index is 0.112. The molecule has 0 heterocycles. The Morgan fingerprint density at radius 1 is 1.00 bits per heavy atom. The fourth-order valence-electron chi connectivity index (χ4n) is 1.62. The summed E-state index contributed by atoms with van der Waals surface area (Å²) in [5.41, 5.74) is 1.70. The van der Waals surface area contributed by atoms with Gasteiger partial charge in [0.05, 0.1) is 11.8 Å². The second-order valence-electron chi connectivity index (χ2n) is 4.29. The van der Waals surface area contributed by atoms with E-state index in [0.29, 0.717) is 0 Å². The summed E-state index contributed by atoms with van der Waals surface area (Å²) < 4.78 is 18.5. The van der Waals surface area contributed by atoms with Crippen LogP contribution in [0.25, 0.3) is 0 Å². The van der Waals surface area contributed by atoms with Gasteiger partial charge in [0.25, 0.3) is 0 Å². The fourth-order valence-corrected chi connectivity index (χ4v) is 1.62. The molecule has 0 aliphatic carbocycles. The number of para-hydroxylation sites is 2. The molecule has 2 aromatic carbocycles. The first kappa shape index (κ1) is 12.4. The van der Waals surface area contributed by atoms with Gasteiger partial charge >= 0.3 is 0 Å². The Hall–Kier alpha value is -2.03. The molecular weight excluding hydrogens is 229 g/mol. The van der Waals surface area contributed by atoms with Crippen molar-refractivity contribution >= 4 is 11.4 Å². The molecule has 0 unspecified atom stereocenters. The highest BCUT2D eigenvalue weighted by Gasteiger charge is 2.05. The number of rotatable bonds is 4. The molecule has 2 rings (SSSR count). The first-order chi connectivity index (χ1) is 8.65. The number of ether oxygens (including phenoxy) is 1. The quantitative estimate of drug-likeness (QED) is 0.864. The first-order valence-corrected chi connectivity index (χ1v) is 5.93. The Kier molecular flexibility index (Phi) is 3.82. The van der Waals surface area contributed by atoms with Crippen LogP contribution >= 0.6 is 0 Å². The highest BCUT2D eigenvalue weighted by atomic mass is 19.1. The Morgan fingerprint density at radius 2 is 1.67 bits per heavy atom. The van der Waals surface area contributed by atoms with Gasteiger partial charge in [-0.1, -0.05) is 12.1 Å². The highest BCUT2D eigenvalue weighted by molar-refractivity contribution is 5.66. The smallest absolute Gasteiger partial charge is 0.143 e. The summed E-state index contributed by atoms with van der Waals surface area (Å²) in [6.07, 6.45) is 0.112. The SMILES string of the molecule is CC(C)Oc1ccccc1Nc1ccc(F)cc1. The van der Waals surface area contributed by atoms with Crippen molar-refractivity contribution in [2.24, 2.45) is 0 Å². The minimum atomic E-state index is -0.243. The summed E-state index contributed by atoms with van der Waals surface area (Å²) in [7, 11) is 0. The van der Waals surface area contributed by atoms with Crippen molar-refractivity contribution < 1.29 is 9.13 Å². The highest BCUT2D eigenvalue weighted by Crippen LogP contribution is 2.28. The molecule has 0 aromatic heterocycles. The molecule has 0 aliphatic rings. The van der Waals surface area contributed by atoms with Crippen molar-refractivity contribution in [3.8, 4) is 5.75 Å². The zero-order valence-corrected chi connectivity index (χ0v) is 10.5. The molecule has 0 saturated heterocycles. The third kappa shape index (κ3) is 3.23. The average molecular weight is 245 g/mol. The van der Waals surface area contributed by atoms with E-state index in [0.717, 1.165) is 17.1 Å². The molecule has 2 aromatic rings. The van der Waals surface area contributed by atoms with Crippen LogP contribution in [0.15, 0.2) is 48.5 Å². The van der Waals surface area contributed by atoms with Gasteiger partial charge in [-0.25, -0.2) is 4.39 Å². The largest absolute Gasteiger partial charge is 0.489 e. The van der Waals surface area contributed by atoms with Crippen LogP contribution in [-0.2, 0) is 0 Å². The summed E-state index contributed by atoms with van der Waals surface area (Å²) >= 11 is 0. The number of anilines is 2. The van der Waals surface area contributed by atoms with Gasteiger partial charge in [0.2, 0.25) is 0 Å². The van der Waals surface area contributed by atoms with Crippen LogP contribution in [0, 0.1) is 5.82 Å². The molecule has 0 amide bonds. The number of hydrogen-bond acceptors (Lipinski definition) is 2. The van der Waals surface area contributed by atoms with E-state index >= 15 is 0 Å². The van der Waals surface area contributed by atoms with Gasteiger partial charge in [-0.2, -0.15) is 0 Å². The van der Waals surface area contributed by atoms with Crippen molar-refractivity contribution in [2.75, 3.05) is 5.32 Å². The number of nitrogens with one attached hydrogen (secondary N) is 1. The predicted octanol–water partition coefficient (Wildman–Crippen LogP) is 4.36. The van der Waals surface area contributed by atoms with Gasteiger partial charge in [-0.15, -0.1) is 0 Å². The van der Waals surface area contributed by atoms with Crippen molar-refractivity contribution in [1.29, 1.82) is 0 Å². The molecule has 0 spiro atoms. The maximum Gasteiger partial charge on any atom is 0.143 e. The van der Waals surface area contributed by atoms with Crippen LogP contribution in [0.3, 0.4) is 0 Å². The van der Waals surface area contributed by atoms with Crippen LogP contribution in [0.1, 0.15) is 13.8 Å². The van der Waals surface area contributed by atoms with Crippen LogP contribution in [0.5, 0.6) is 5.75 Å². The van der Waals surface area contributed by atoms with Gasteiger partial charge < -0.3 is 10.1 Å². The lowest BCUT2D eigenvalue weighted by molar-refractivity contribution is 0.244. The molecule has 0 bridgehead atoms. The summed E-state index contributed by atoms with van der Waals surface area (Å²) in [4.78, 5) is 0. The van der Waals surface area contributed by atoms with Gasteiger partial charge in [0, 0.05) is 5.69 Å². The van der Waals surface area contributed by atoms with Crippen molar-refractivity contribution in [3.63, 3.8) is 0 Å². The lowest BCUT2D eigenvalue weighted by Crippen LogP contribution is -2.07. The van der Waals surface area contributed by atoms with E-state index in [1.165, 1.54) is 12.1 Å². The summed E-state index contributed by atoms with van der Waals surface area (Å²) in [5.74, 6) is 0.545. The first-order valence-electron chi connectivity index (χ1n) is 5.93. The van der Waals surface area contributed by atoms with E-state index in [1.54, 1.807) is 12.1 Å². The van der Waals surface area contributed by atoms with E-state index in [9.17, 15) is 4.39 Å². The van der Waals surface area contributed by atoms with Gasteiger partial charge in [0.1, 0.15) is 11.6 Å². The van der Waals surface area contributed by atoms with E-state index in [1.807, 2.05) is 38.1 Å². The summed E-state index contributed by atoms with van der Waals surface area (Å²) in [6.45, 7) is 3.96. The van der Waals surface area contributed by atoms with Gasteiger partial charge in [0.15, 0.2) is 0 Å². The standard InChI is InChI=1S/C15H16FNO/c1-11(2)18-15-6-4-3-5-14(15)17-13-9-7-12(16)8-10-13/h3-11,17H,1-2H3. The Bertz CT molecular complexity index is 508. The molecule has 3 heteroatoms. The molecule has 0 aliphatic heterocycles. The zero-order valence-electron chi connectivity index (χ0n) is 10.5.